The zero-order chi connectivity index (χ0) is 11.0. The first-order valence-corrected chi connectivity index (χ1v) is 5.43. The van der Waals surface area contributed by atoms with Crippen molar-refractivity contribution in [2.75, 3.05) is 0 Å². The topological polar surface area (TPSA) is 30.2 Å². The van der Waals surface area contributed by atoms with Gasteiger partial charge in [0.15, 0.2) is 5.65 Å². The Labute approximate surface area is 90.1 Å². The van der Waals surface area contributed by atoms with E-state index in [1.807, 2.05) is 16.9 Å². The van der Waals surface area contributed by atoms with Crippen LogP contribution in [-0.2, 0) is 0 Å². The molecule has 0 fully saturated rings. The van der Waals surface area contributed by atoms with Crippen molar-refractivity contribution < 1.29 is 0 Å². The van der Waals surface area contributed by atoms with Gasteiger partial charge in [-0.1, -0.05) is 27.7 Å². The number of aromatic nitrogens is 3. The number of hydrogen-bond donors (Lipinski definition) is 0. The van der Waals surface area contributed by atoms with Crippen LogP contribution in [0.2, 0.25) is 0 Å². The van der Waals surface area contributed by atoms with Crippen LogP contribution < -0.4 is 0 Å². The van der Waals surface area contributed by atoms with Gasteiger partial charge in [-0.05, 0) is 17.9 Å². The Balaban J connectivity index is 2.64. The second-order valence-electron chi connectivity index (χ2n) is 4.53. The van der Waals surface area contributed by atoms with Crippen LogP contribution >= 0.6 is 0 Å². The summed E-state index contributed by atoms with van der Waals surface area (Å²) in [5.41, 5.74) is 3.36. The summed E-state index contributed by atoms with van der Waals surface area (Å²) in [6, 6.07) is 2.05. The molecule has 0 atom stereocenters. The summed E-state index contributed by atoms with van der Waals surface area (Å²) in [5, 5.41) is 4.28. The summed E-state index contributed by atoms with van der Waals surface area (Å²) in [4.78, 5) is 4.63. The highest BCUT2D eigenvalue weighted by Crippen LogP contribution is 2.21. The minimum absolute atomic E-state index is 0.451. The van der Waals surface area contributed by atoms with E-state index in [4.69, 9.17) is 0 Å². The molecule has 0 aliphatic heterocycles. The molecule has 2 aromatic rings. The van der Waals surface area contributed by atoms with E-state index in [1.54, 1.807) is 0 Å². The summed E-state index contributed by atoms with van der Waals surface area (Å²) in [5.74, 6) is 0.935. The Morgan fingerprint density at radius 3 is 2.47 bits per heavy atom. The predicted molar refractivity (Wildman–Crippen MR) is 61.2 cm³/mol. The van der Waals surface area contributed by atoms with E-state index >= 15 is 0 Å². The third-order valence-corrected chi connectivity index (χ3v) is 2.62. The smallest absolute Gasteiger partial charge is 0.157 e. The highest BCUT2D eigenvalue weighted by molar-refractivity contribution is 5.49. The van der Waals surface area contributed by atoms with Crippen LogP contribution in [0.25, 0.3) is 5.65 Å². The van der Waals surface area contributed by atoms with Crippen LogP contribution in [-0.4, -0.2) is 14.6 Å². The maximum absolute atomic E-state index is 4.63. The van der Waals surface area contributed by atoms with Crippen LogP contribution in [0.15, 0.2) is 18.5 Å². The molecule has 0 N–H and O–H groups in total. The van der Waals surface area contributed by atoms with E-state index in [1.165, 1.54) is 5.56 Å². The maximum Gasteiger partial charge on any atom is 0.157 e. The first kappa shape index (κ1) is 10.1. The summed E-state index contributed by atoms with van der Waals surface area (Å²) >= 11 is 0. The third-order valence-electron chi connectivity index (χ3n) is 2.62. The van der Waals surface area contributed by atoms with Gasteiger partial charge in [0.05, 0.1) is 11.9 Å². The van der Waals surface area contributed by atoms with E-state index < -0.39 is 0 Å². The lowest BCUT2D eigenvalue weighted by atomic mass is 10.1. The van der Waals surface area contributed by atoms with Gasteiger partial charge in [-0.25, -0.2) is 9.50 Å². The Morgan fingerprint density at radius 1 is 1.13 bits per heavy atom. The molecule has 3 heteroatoms. The maximum atomic E-state index is 4.63. The molecule has 0 saturated carbocycles. The Bertz CT molecular complexity index is 469. The average Bonchev–Trinajstić information content (AvgIpc) is 2.60. The first-order chi connectivity index (χ1) is 7.09. The highest BCUT2D eigenvalue weighted by Gasteiger charge is 2.11. The minimum Gasteiger partial charge on any atom is -0.232 e. The Hall–Kier alpha value is -1.38. The van der Waals surface area contributed by atoms with E-state index in [0.29, 0.717) is 11.8 Å². The van der Waals surface area contributed by atoms with Crippen molar-refractivity contribution >= 4 is 5.65 Å². The molecule has 0 saturated heterocycles. The summed E-state index contributed by atoms with van der Waals surface area (Å²) in [7, 11) is 0. The van der Waals surface area contributed by atoms with Crippen LogP contribution in [0, 0.1) is 0 Å². The summed E-state index contributed by atoms with van der Waals surface area (Å²) in [6.45, 7) is 8.66. The second-order valence-corrected chi connectivity index (χ2v) is 4.53. The zero-order valence-electron chi connectivity index (χ0n) is 9.73. The molecule has 2 aromatic heterocycles. The fraction of sp³-hybridized carbons (Fsp3) is 0.500. The molecule has 0 radical (unpaired) electrons. The van der Waals surface area contributed by atoms with Gasteiger partial charge in [0, 0.05) is 11.8 Å². The zero-order valence-corrected chi connectivity index (χ0v) is 9.73. The van der Waals surface area contributed by atoms with Crippen molar-refractivity contribution in [1.82, 2.24) is 14.6 Å². The van der Waals surface area contributed by atoms with E-state index in [2.05, 4.69) is 43.8 Å². The lowest BCUT2D eigenvalue weighted by Crippen LogP contribution is -1.96. The van der Waals surface area contributed by atoms with Crippen LogP contribution in [0.5, 0.6) is 0 Å². The first-order valence-electron chi connectivity index (χ1n) is 5.43. The fourth-order valence-electron chi connectivity index (χ4n) is 1.66. The quantitative estimate of drug-likeness (QED) is 0.751. The van der Waals surface area contributed by atoms with Crippen molar-refractivity contribution in [3.05, 3.63) is 29.7 Å². The monoisotopic (exact) mass is 203 g/mol. The molecule has 0 spiro atoms. The Morgan fingerprint density at radius 2 is 1.87 bits per heavy atom. The lowest BCUT2D eigenvalue weighted by Gasteiger charge is -2.05. The molecule has 0 unspecified atom stereocenters. The standard InChI is InChI=1S/C12H17N3/c1-8(2)10-5-6-13-15-7-11(9(3)4)14-12(10)15/h5-9H,1-4H3. The molecular formula is C12H17N3. The molecule has 2 rings (SSSR count). The molecule has 0 amide bonds. The summed E-state index contributed by atoms with van der Waals surface area (Å²) < 4.78 is 1.88. The molecule has 0 aromatic carbocycles. The molecule has 80 valence electrons. The minimum atomic E-state index is 0.451. The average molecular weight is 203 g/mol. The molecule has 3 nitrogen and oxygen atoms in total. The van der Waals surface area contributed by atoms with Gasteiger partial charge in [0.2, 0.25) is 0 Å². The van der Waals surface area contributed by atoms with Crippen molar-refractivity contribution in [3.8, 4) is 0 Å². The van der Waals surface area contributed by atoms with Gasteiger partial charge in [0.25, 0.3) is 0 Å². The van der Waals surface area contributed by atoms with E-state index in [-0.39, 0.29) is 0 Å². The van der Waals surface area contributed by atoms with Crippen LogP contribution in [0.4, 0.5) is 0 Å². The lowest BCUT2D eigenvalue weighted by molar-refractivity contribution is 0.829. The van der Waals surface area contributed by atoms with Crippen molar-refractivity contribution in [3.63, 3.8) is 0 Å². The predicted octanol–water partition coefficient (Wildman–Crippen LogP) is 2.98. The van der Waals surface area contributed by atoms with Crippen molar-refractivity contribution in [1.29, 1.82) is 0 Å². The van der Waals surface area contributed by atoms with Gasteiger partial charge in [-0.15, -0.1) is 0 Å². The number of nitrogens with zero attached hydrogens (tertiary/aromatic N) is 3. The molecule has 0 aliphatic rings. The van der Waals surface area contributed by atoms with E-state index in [0.717, 1.165) is 11.3 Å². The van der Waals surface area contributed by atoms with Gasteiger partial charge in [-0.2, -0.15) is 5.10 Å². The van der Waals surface area contributed by atoms with Crippen LogP contribution in [0.1, 0.15) is 50.8 Å². The summed E-state index contributed by atoms with van der Waals surface area (Å²) in [6.07, 6.45) is 3.86. The number of fused-ring (bicyclic) bond motifs is 1. The SMILES string of the molecule is CC(C)c1cn2nccc(C(C)C)c2n1. The number of rotatable bonds is 2. The molecule has 0 aliphatic carbocycles. The van der Waals surface area contributed by atoms with E-state index in [9.17, 15) is 0 Å². The number of hydrogen-bond acceptors (Lipinski definition) is 2. The highest BCUT2D eigenvalue weighted by atomic mass is 15.2. The third kappa shape index (κ3) is 1.74. The normalized spacial score (nSPS) is 11.9. The van der Waals surface area contributed by atoms with Crippen molar-refractivity contribution in [2.24, 2.45) is 0 Å². The number of imidazole rings is 1. The molecule has 2 heterocycles. The van der Waals surface area contributed by atoms with Gasteiger partial charge in [0.1, 0.15) is 0 Å². The fourth-order valence-corrected chi connectivity index (χ4v) is 1.66. The van der Waals surface area contributed by atoms with Gasteiger partial charge < -0.3 is 0 Å². The second kappa shape index (κ2) is 3.65. The molecule has 0 bridgehead atoms. The van der Waals surface area contributed by atoms with Crippen molar-refractivity contribution in [2.45, 2.75) is 39.5 Å². The van der Waals surface area contributed by atoms with Crippen LogP contribution in [0.3, 0.4) is 0 Å². The van der Waals surface area contributed by atoms with Gasteiger partial charge in [-0.3, -0.25) is 0 Å². The molecular weight excluding hydrogens is 186 g/mol. The van der Waals surface area contributed by atoms with Gasteiger partial charge >= 0.3 is 0 Å². The molecule has 15 heavy (non-hydrogen) atoms. The largest absolute Gasteiger partial charge is 0.232 e. The Kier molecular flexibility index (Phi) is 2.47.